The number of hydrogen-bond acceptors (Lipinski definition) is 6. The van der Waals surface area contributed by atoms with Crippen LogP contribution in [0, 0.1) is 0 Å². The lowest BCUT2D eigenvalue weighted by atomic mass is 10.2. The highest BCUT2D eigenvalue weighted by atomic mass is 32.3. The van der Waals surface area contributed by atoms with Gasteiger partial charge in [0.15, 0.2) is 0 Å². The molecule has 0 saturated heterocycles. The number of nitrogens with zero attached hydrogens (tertiary/aromatic N) is 1. The van der Waals surface area contributed by atoms with Gasteiger partial charge < -0.3 is 4.84 Å². The van der Waals surface area contributed by atoms with Gasteiger partial charge in [-0.3, -0.25) is 8.74 Å². The van der Waals surface area contributed by atoms with E-state index in [1.54, 1.807) is 5.06 Å². The van der Waals surface area contributed by atoms with Gasteiger partial charge in [0.05, 0.1) is 7.11 Å². The Labute approximate surface area is 115 Å². The Morgan fingerprint density at radius 3 is 2.00 bits per heavy atom. The summed E-state index contributed by atoms with van der Waals surface area (Å²) < 4.78 is 29.7. The summed E-state index contributed by atoms with van der Waals surface area (Å²) in [5, 5.41) is 1.71. The van der Waals surface area contributed by atoms with Crippen LogP contribution in [0.25, 0.3) is 0 Å². The number of hydrogen-bond donors (Lipinski definition) is 1. The minimum absolute atomic E-state index is 0.314. The molecule has 1 N–H and O–H groups in total. The van der Waals surface area contributed by atoms with Crippen molar-refractivity contribution in [3.8, 4) is 0 Å². The first-order valence-electron chi connectivity index (χ1n) is 5.89. The van der Waals surface area contributed by atoms with Gasteiger partial charge in [-0.2, -0.15) is 8.42 Å². The Kier molecular flexibility index (Phi) is 11.7. The topological polar surface area (TPSA) is 93.1 Å². The summed E-state index contributed by atoms with van der Waals surface area (Å²) in [6.45, 7) is 10.2. The molecule has 0 spiro atoms. The first-order chi connectivity index (χ1) is 8.75. The van der Waals surface area contributed by atoms with Crippen LogP contribution in [0.3, 0.4) is 0 Å². The van der Waals surface area contributed by atoms with Crippen LogP contribution < -0.4 is 0 Å². The van der Waals surface area contributed by atoms with Gasteiger partial charge in [-0.15, -0.1) is 5.06 Å². The summed E-state index contributed by atoms with van der Waals surface area (Å²) in [5.41, 5.74) is 0. The fourth-order valence-electron chi connectivity index (χ4n) is 1.25. The van der Waals surface area contributed by atoms with E-state index >= 15 is 0 Å². The Bertz CT molecular complexity index is 350. The van der Waals surface area contributed by atoms with Gasteiger partial charge >= 0.3 is 16.4 Å². The second kappa shape index (κ2) is 10.9. The summed E-state index contributed by atoms with van der Waals surface area (Å²) in [6, 6.07) is 0.314. The third-order valence-corrected chi connectivity index (χ3v) is 2.67. The lowest BCUT2D eigenvalue weighted by Gasteiger charge is -2.26. The lowest BCUT2D eigenvalue weighted by molar-refractivity contribution is -0.195. The van der Waals surface area contributed by atoms with Crippen molar-refractivity contribution in [2.75, 3.05) is 13.7 Å². The molecule has 0 bridgehead atoms. The molecular formula is C11H23NO6S. The molecule has 8 heteroatoms. The first-order valence-corrected chi connectivity index (χ1v) is 7.26. The quantitative estimate of drug-likeness (QED) is 0.433. The molecule has 0 unspecified atom stereocenters. The maximum atomic E-state index is 10.9. The fourth-order valence-corrected chi connectivity index (χ4v) is 1.25. The van der Waals surface area contributed by atoms with Crippen molar-refractivity contribution in [2.45, 2.75) is 39.7 Å². The molecule has 0 aromatic heterocycles. The van der Waals surface area contributed by atoms with Gasteiger partial charge in [-0.05, 0) is 19.8 Å². The zero-order chi connectivity index (χ0) is 15.5. The van der Waals surface area contributed by atoms with E-state index in [0.717, 1.165) is 20.0 Å². The Morgan fingerprint density at radius 1 is 1.37 bits per heavy atom. The van der Waals surface area contributed by atoms with E-state index in [4.69, 9.17) is 9.39 Å². The second-order valence-electron chi connectivity index (χ2n) is 3.41. The molecule has 0 atom stereocenters. The third kappa shape index (κ3) is 11.8. The van der Waals surface area contributed by atoms with Crippen molar-refractivity contribution < 1.29 is 26.8 Å². The van der Waals surface area contributed by atoms with Crippen LogP contribution in [0.1, 0.15) is 33.6 Å². The van der Waals surface area contributed by atoms with Crippen molar-refractivity contribution in [3.63, 3.8) is 0 Å². The number of carbonyl (C=O) groups excluding carboxylic acids is 1. The second-order valence-corrected chi connectivity index (χ2v) is 4.60. The van der Waals surface area contributed by atoms with E-state index < -0.39 is 10.4 Å². The summed E-state index contributed by atoms with van der Waals surface area (Å²) in [4.78, 5) is 16.0. The number of hydroxylamine groups is 2. The minimum Gasteiger partial charge on any atom is -0.364 e. The van der Waals surface area contributed by atoms with Crippen LogP contribution in [-0.2, 0) is 24.2 Å². The van der Waals surface area contributed by atoms with Gasteiger partial charge in [0.25, 0.3) is 0 Å². The van der Waals surface area contributed by atoms with E-state index in [9.17, 15) is 13.2 Å². The summed E-state index contributed by atoms with van der Waals surface area (Å²) in [5.74, 6) is -0.381. The average molecular weight is 297 g/mol. The van der Waals surface area contributed by atoms with Crippen LogP contribution in [0.4, 0.5) is 0 Å². The molecule has 0 amide bonds. The summed E-state index contributed by atoms with van der Waals surface area (Å²) in [7, 11) is -3.29. The fraction of sp³-hybridized carbons (Fsp3) is 0.727. The lowest BCUT2D eigenvalue weighted by Crippen LogP contribution is -2.35. The van der Waals surface area contributed by atoms with Gasteiger partial charge in [-0.25, -0.2) is 4.79 Å². The van der Waals surface area contributed by atoms with E-state index in [2.05, 4.69) is 24.6 Å². The molecular weight excluding hydrogens is 274 g/mol. The van der Waals surface area contributed by atoms with Gasteiger partial charge in [0, 0.05) is 18.7 Å². The zero-order valence-corrected chi connectivity index (χ0v) is 12.6. The smallest absolute Gasteiger partial charge is 0.364 e. The molecule has 0 saturated carbocycles. The van der Waals surface area contributed by atoms with Gasteiger partial charge in [-0.1, -0.05) is 20.4 Å². The SMILES string of the molecule is C=CC(=O)ON(CC)C(CC)CC.COS(=O)(=O)O. The summed E-state index contributed by atoms with van der Waals surface area (Å²) in [6.07, 6.45) is 3.15. The van der Waals surface area contributed by atoms with Crippen molar-refractivity contribution in [1.82, 2.24) is 5.06 Å². The molecule has 0 radical (unpaired) electrons. The van der Waals surface area contributed by atoms with Crippen LogP contribution in [0.2, 0.25) is 0 Å². The molecule has 0 aliphatic rings. The molecule has 0 aliphatic carbocycles. The minimum atomic E-state index is -4.16. The van der Waals surface area contributed by atoms with E-state index in [1.807, 2.05) is 6.92 Å². The van der Waals surface area contributed by atoms with Crippen molar-refractivity contribution >= 4 is 16.4 Å². The first kappa shape index (κ1) is 20.4. The summed E-state index contributed by atoms with van der Waals surface area (Å²) >= 11 is 0. The average Bonchev–Trinajstić information content (AvgIpc) is 2.38. The van der Waals surface area contributed by atoms with Crippen molar-refractivity contribution in [2.24, 2.45) is 0 Å². The molecule has 0 heterocycles. The predicted octanol–water partition coefficient (Wildman–Crippen LogP) is 1.58. The molecule has 0 aromatic rings. The monoisotopic (exact) mass is 297 g/mol. The van der Waals surface area contributed by atoms with E-state index in [0.29, 0.717) is 12.6 Å². The molecule has 0 rings (SSSR count). The maximum absolute atomic E-state index is 10.9. The van der Waals surface area contributed by atoms with Crippen molar-refractivity contribution in [1.29, 1.82) is 0 Å². The van der Waals surface area contributed by atoms with Crippen LogP contribution in [-0.4, -0.2) is 43.7 Å². The Hall–Kier alpha value is -0.960. The van der Waals surface area contributed by atoms with E-state index in [-0.39, 0.29) is 5.97 Å². The normalized spacial score (nSPS) is 10.9. The Balaban J connectivity index is 0. The van der Waals surface area contributed by atoms with Crippen LogP contribution in [0.15, 0.2) is 12.7 Å². The van der Waals surface area contributed by atoms with Gasteiger partial charge in [0.1, 0.15) is 0 Å². The highest BCUT2D eigenvalue weighted by Gasteiger charge is 2.16. The highest BCUT2D eigenvalue weighted by Crippen LogP contribution is 2.08. The molecule has 0 fully saturated rings. The van der Waals surface area contributed by atoms with Crippen LogP contribution in [0.5, 0.6) is 0 Å². The van der Waals surface area contributed by atoms with Crippen molar-refractivity contribution in [3.05, 3.63) is 12.7 Å². The number of rotatable bonds is 7. The largest absolute Gasteiger partial charge is 0.397 e. The third-order valence-electron chi connectivity index (χ3n) is 2.25. The van der Waals surface area contributed by atoms with Gasteiger partial charge in [0.2, 0.25) is 0 Å². The Morgan fingerprint density at radius 2 is 1.79 bits per heavy atom. The maximum Gasteiger partial charge on any atom is 0.397 e. The number of carbonyl (C=O) groups is 1. The van der Waals surface area contributed by atoms with E-state index in [1.165, 1.54) is 6.08 Å². The molecule has 114 valence electrons. The zero-order valence-electron chi connectivity index (χ0n) is 11.8. The standard InChI is InChI=1S/C10H19NO2.CH4O4S/c1-5-9(6-2)11(8-4)13-10(12)7-3;1-5-6(2,3)4/h7,9H,3,5-6,8H2,1-2,4H3;1H3,(H,2,3,4). The van der Waals surface area contributed by atoms with Crippen LogP contribution >= 0.6 is 0 Å². The highest BCUT2D eigenvalue weighted by molar-refractivity contribution is 7.80. The molecule has 7 nitrogen and oxygen atoms in total. The molecule has 19 heavy (non-hydrogen) atoms. The molecule has 0 aromatic carbocycles. The predicted molar refractivity (Wildman–Crippen MR) is 71.6 cm³/mol. The molecule has 0 aliphatic heterocycles.